The molecule has 124 valence electrons. The molecule has 23 heavy (non-hydrogen) atoms. The normalized spacial score (nSPS) is 12.3. The van der Waals surface area contributed by atoms with Crippen LogP contribution < -0.4 is 4.74 Å². The van der Waals surface area contributed by atoms with Crippen molar-refractivity contribution in [2.24, 2.45) is 0 Å². The van der Waals surface area contributed by atoms with Gasteiger partial charge in [-0.15, -0.1) is 0 Å². The van der Waals surface area contributed by atoms with Gasteiger partial charge in [0.05, 0.1) is 0 Å². The van der Waals surface area contributed by atoms with E-state index in [1.165, 1.54) is 16.7 Å². The van der Waals surface area contributed by atoms with Crippen LogP contribution in [-0.4, -0.2) is 0 Å². The zero-order valence-electron chi connectivity index (χ0n) is 15.4. The van der Waals surface area contributed by atoms with Crippen LogP contribution in [0, 0.1) is 0 Å². The smallest absolute Gasteiger partial charge is 0.119 e. The van der Waals surface area contributed by atoms with Gasteiger partial charge in [-0.05, 0) is 46.1 Å². The maximum absolute atomic E-state index is 5.91. The van der Waals surface area contributed by atoms with Crippen LogP contribution in [-0.2, 0) is 17.4 Å². The lowest BCUT2D eigenvalue weighted by atomic mass is 9.82. The van der Waals surface area contributed by atoms with Crippen LogP contribution in [0.2, 0.25) is 0 Å². The van der Waals surface area contributed by atoms with E-state index in [2.05, 4.69) is 90.1 Å². The Morgan fingerprint density at radius 2 is 1.26 bits per heavy atom. The summed E-state index contributed by atoms with van der Waals surface area (Å²) in [6, 6.07) is 17.2. The second kappa shape index (κ2) is 6.78. The number of benzene rings is 2. The fraction of sp³-hybridized carbons (Fsp3) is 0.455. The minimum atomic E-state index is 0.181. The fourth-order valence-corrected chi connectivity index (χ4v) is 2.47. The largest absolute Gasteiger partial charge is 0.489 e. The number of ether oxygens (including phenoxy) is 1. The molecule has 1 nitrogen and oxygen atoms in total. The molecule has 0 amide bonds. The third-order valence-corrected chi connectivity index (χ3v) is 4.75. The van der Waals surface area contributed by atoms with Crippen molar-refractivity contribution >= 4 is 0 Å². The topological polar surface area (TPSA) is 9.23 Å². The summed E-state index contributed by atoms with van der Waals surface area (Å²) >= 11 is 0. The molecule has 0 unspecified atom stereocenters. The van der Waals surface area contributed by atoms with E-state index in [0.717, 1.165) is 12.2 Å². The van der Waals surface area contributed by atoms with Gasteiger partial charge in [-0.2, -0.15) is 0 Å². The summed E-state index contributed by atoms with van der Waals surface area (Å²) in [5, 5.41) is 0. The Kier molecular flexibility index (Phi) is 5.19. The lowest BCUT2D eigenvalue weighted by Crippen LogP contribution is -2.15. The second-order valence-electron chi connectivity index (χ2n) is 8.00. The molecule has 0 bridgehead atoms. The van der Waals surface area contributed by atoms with Crippen LogP contribution in [0.1, 0.15) is 64.7 Å². The van der Waals surface area contributed by atoms with Crippen molar-refractivity contribution in [2.45, 2.75) is 65.4 Å². The standard InChI is InChI=1S/C22H30O/c1-7-22(5,6)19-10-8-17(9-11-19)16-23-20-14-12-18(13-15-20)21(2,3)4/h8-15H,7,16H2,1-6H3. The molecule has 0 atom stereocenters. The predicted molar refractivity (Wildman–Crippen MR) is 99.2 cm³/mol. The van der Waals surface area contributed by atoms with Gasteiger partial charge in [0.15, 0.2) is 0 Å². The molecule has 0 aliphatic heterocycles. The second-order valence-corrected chi connectivity index (χ2v) is 8.00. The third-order valence-electron chi connectivity index (χ3n) is 4.75. The van der Waals surface area contributed by atoms with E-state index in [9.17, 15) is 0 Å². The van der Waals surface area contributed by atoms with Gasteiger partial charge < -0.3 is 4.74 Å². The lowest BCUT2D eigenvalue weighted by Gasteiger charge is -2.23. The molecule has 2 aromatic carbocycles. The summed E-state index contributed by atoms with van der Waals surface area (Å²) in [6.45, 7) is 14.1. The van der Waals surface area contributed by atoms with Gasteiger partial charge in [0.2, 0.25) is 0 Å². The van der Waals surface area contributed by atoms with Gasteiger partial charge in [0.25, 0.3) is 0 Å². The first kappa shape index (κ1) is 17.6. The van der Waals surface area contributed by atoms with Crippen molar-refractivity contribution in [1.82, 2.24) is 0 Å². The summed E-state index contributed by atoms with van der Waals surface area (Å²) in [4.78, 5) is 0. The molecule has 1 heteroatoms. The molecule has 0 radical (unpaired) electrons. The van der Waals surface area contributed by atoms with Gasteiger partial charge in [-0.3, -0.25) is 0 Å². The number of hydrogen-bond acceptors (Lipinski definition) is 1. The molecule has 0 saturated carbocycles. The minimum Gasteiger partial charge on any atom is -0.489 e. The SMILES string of the molecule is CCC(C)(C)c1ccc(COc2ccc(C(C)(C)C)cc2)cc1. The zero-order chi connectivity index (χ0) is 17.1. The fourth-order valence-electron chi connectivity index (χ4n) is 2.47. The highest BCUT2D eigenvalue weighted by atomic mass is 16.5. The van der Waals surface area contributed by atoms with E-state index in [1.54, 1.807) is 0 Å². The highest BCUT2D eigenvalue weighted by Crippen LogP contribution is 2.27. The van der Waals surface area contributed by atoms with Crippen LogP contribution in [0.5, 0.6) is 5.75 Å². The molecule has 0 heterocycles. The first-order valence-electron chi connectivity index (χ1n) is 8.55. The van der Waals surface area contributed by atoms with E-state index in [1.807, 2.05) is 0 Å². The molecule has 0 N–H and O–H groups in total. The van der Waals surface area contributed by atoms with Crippen LogP contribution in [0.4, 0.5) is 0 Å². The molecular weight excluding hydrogens is 280 g/mol. The Bertz CT molecular complexity index is 613. The average molecular weight is 310 g/mol. The van der Waals surface area contributed by atoms with Gasteiger partial charge in [-0.25, -0.2) is 0 Å². The molecule has 0 saturated heterocycles. The Balaban J connectivity index is 1.98. The maximum Gasteiger partial charge on any atom is 0.119 e. The first-order valence-corrected chi connectivity index (χ1v) is 8.55. The Labute approximate surface area is 141 Å². The van der Waals surface area contributed by atoms with Crippen LogP contribution >= 0.6 is 0 Å². The quantitative estimate of drug-likeness (QED) is 0.634. The lowest BCUT2D eigenvalue weighted by molar-refractivity contribution is 0.306. The molecule has 0 aliphatic rings. The Morgan fingerprint density at radius 3 is 1.74 bits per heavy atom. The maximum atomic E-state index is 5.91. The van der Waals surface area contributed by atoms with E-state index in [4.69, 9.17) is 4.74 Å². The van der Waals surface area contributed by atoms with Gasteiger partial charge >= 0.3 is 0 Å². The molecule has 0 aliphatic carbocycles. The van der Waals surface area contributed by atoms with Gasteiger partial charge in [0, 0.05) is 0 Å². The van der Waals surface area contributed by atoms with Crippen molar-refractivity contribution in [2.75, 3.05) is 0 Å². The Hall–Kier alpha value is -1.76. The summed E-state index contributed by atoms with van der Waals surface area (Å²) in [6.07, 6.45) is 1.14. The van der Waals surface area contributed by atoms with E-state index in [0.29, 0.717) is 6.61 Å². The van der Waals surface area contributed by atoms with E-state index in [-0.39, 0.29) is 10.8 Å². The minimum absolute atomic E-state index is 0.181. The van der Waals surface area contributed by atoms with Crippen molar-refractivity contribution in [3.63, 3.8) is 0 Å². The molecule has 0 aromatic heterocycles. The molecule has 2 aromatic rings. The first-order chi connectivity index (χ1) is 10.7. The number of hydrogen-bond donors (Lipinski definition) is 0. The van der Waals surface area contributed by atoms with Crippen molar-refractivity contribution in [1.29, 1.82) is 0 Å². The van der Waals surface area contributed by atoms with Crippen LogP contribution in [0.3, 0.4) is 0 Å². The third kappa shape index (κ3) is 4.60. The van der Waals surface area contributed by atoms with Gasteiger partial charge in [-0.1, -0.05) is 77.9 Å². The summed E-state index contributed by atoms with van der Waals surface area (Å²) in [5.41, 5.74) is 4.35. The summed E-state index contributed by atoms with van der Waals surface area (Å²) in [7, 11) is 0. The molecule has 2 rings (SSSR count). The predicted octanol–water partition coefficient (Wildman–Crippen LogP) is 6.25. The van der Waals surface area contributed by atoms with E-state index >= 15 is 0 Å². The summed E-state index contributed by atoms with van der Waals surface area (Å²) < 4.78 is 5.91. The monoisotopic (exact) mass is 310 g/mol. The summed E-state index contributed by atoms with van der Waals surface area (Å²) in [5.74, 6) is 0.927. The van der Waals surface area contributed by atoms with E-state index < -0.39 is 0 Å². The Morgan fingerprint density at radius 1 is 0.739 bits per heavy atom. The van der Waals surface area contributed by atoms with Crippen molar-refractivity contribution < 1.29 is 4.74 Å². The van der Waals surface area contributed by atoms with Crippen LogP contribution in [0.15, 0.2) is 48.5 Å². The zero-order valence-corrected chi connectivity index (χ0v) is 15.4. The average Bonchev–Trinajstić information content (AvgIpc) is 2.53. The highest BCUT2D eigenvalue weighted by Gasteiger charge is 2.17. The highest BCUT2D eigenvalue weighted by molar-refractivity contribution is 5.32. The van der Waals surface area contributed by atoms with Crippen LogP contribution in [0.25, 0.3) is 0 Å². The molecule has 0 fully saturated rings. The molecular formula is C22H30O. The van der Waals surface area contributed by atoms with Crippen molar-refractivity contribution in [3.05, 3.63) is 65.2 Å². The molecule has 0 spiro atoms. The number of rotatable bonds is 5. The van der Waals surface area contributed by atoms with Crippen molar-refractivity contribution in [3.8, 4) is 5.75 Å². The van der Waals surface area contributed by atoms with Gasteiger partial charge in [0.1, 0.15) is 12.4 Å².